The zero-order valence-corrected chi connectivity index (χ0v) is 17.3. The van der Waals surface area contributed by atoms with E-state index < -0.39 is 0 Å². The number of fused-ring (bicyclic) bond motifs is 1. The fraction of sp³-hybridized carbons (Fsp3) is 0.304. The molecule has 0 saturated heterocycles. The van der Waals surface area contributed by atoms with E-state index in [-0.39, 0.29) is 42.6 Å². The lowest BCUT2D eigenvalue weighted by Gasteiger charge is -2.17. The summed E-state index contributed by atoms with van der Waals surface area (Å²) in [6, 6.07) is 12.2. The van der Waals surface area contributed by atoms with Crippen molar-refractivity contribution in [2.45, 2.75) is 39.7 Å². The second-order valence-electron chi connectivity index (χ2n) is 7.51. The fourth-order valence-corrected chi connectivity index (χ4v) is 3.49. The summed E-state index contributed by atoms with van der Waals surface area (Å²) in [4.78, 5) is 49.6. The van der Waals surface area contributed by atoms with E-state index in [0.29, 0.717) is 23.2 Å². The molecule has 1 aliphatic rings. The number of nitrogens with zero attached hydrogens (tertiary/aromatic N) is 1. The number of imide groups is 1. The molecule has 0 saturated carbocycles. The summed E-state index contributed by atoms with van der Waals surface area (Å²) in [6.07, 6.45) is 0.580. The molecule has 2 aromatic rings. The number of carbonyl (C=O) groups excluding carboxylic acids is 4. The van der Waals surface area contributed by atoms with Gasteiger partial charge in [0, 0.05) is 25.6 Å². The monoisotopic (exact) mass is 407 g/mol. The molecule has 0 bridgehead atoms. The van der Waals surface area contributed by atoms with Crippen LogP contribution in [0.4, 0.5) is 5.69 Å². The zero-order chi connectivity index (χ0) is 21.8. The molecule has 0 aromatic heterocycles. The first-order chi connectivity index (χ1) is 14.3. The Balaban J connectivity index is 1.51. The molecule has 0 radical (unpaired) electrons. The van der Waals surface area contributed by atoms with Crippen molar-refractivity contribution in [3.05, 3.63) is 64.7 Å². The van der Waals surface area contributed by atoms with Gasteiger partial charge in [-0.1, -0.05) is 23.8 Å². The predicted octanol–water partition coefficient (Wildman–Crippen LogP) is 3.21. The second-order valence-corrected chi connectivity index (χ2v) is 7.51. The van der Waals surface area contributed by atoms with Crippen LogP contribution >= 0.6 is 0 Å². The van der Waals surface area contributed by atoms with E-state index in [1.807, 2.05) is 38.1 Å². The van der Waals surface area contributed by atoms with Gasteiger partial charge in [0.15, 0.2) is 0 Å². The summed E-state index contributed by atoms with van der Waals surface area (Å²) in [5, 5.41) is 5.63. The number of carbonyl (C=O) groups is 4. The number of hydrogen-bond acceptors (Lipinski definition) is 4. The van der Waals surface area contributed by atoms with E-state index in [0.717, 1.165) is 11.1 Å². The smallest absolute Gasteiger partial charge is 0.261 e. The maximum Gasteiger partial charge on any atom is 0.261 e. The summed E-state index contributed by atoms with van der Waals surface area (Å²) in [5.41, 5.74) is 3.31. The first-order valence-electron chi connectivity index (χ1n) is 9.90. The first-order valence-corrected chi connectivity index (χ1v) is 9.90. The van der Waals surface area contributed by atoms with Crippen molar-refractivity contribution in [1.29, 1.82) is 0 Å². The molecule has 4 amide bonds. The van der Waals surface area contributed by atoms with Gasteiger partial charge in [0.05, 0.1) is 17.2 Å². The third-order valence-corrected chi connectivity index (χ3v) is 5.00. The van der Waals surface area contributed by atoms with Gasteiger partial charge < -0.3 is 10.6 Å². The molecule has 156 valence electrons. The van der Waals surface area contributed by atoms with Gasteiger partial charge in [-0.2, -0.15) is 0 Å². The Bertz CT molecular complexity index is 1020. The Morgan fingerprint density at radius 2 is 1.77 bits per heavy atom. The number of nitrogens with one attached hydrogen (secondary N) is 2. The third-order valence-electron chi connectivity index (χ3n) is 5.00. The largest absolute Gasteiger partial charge is 0.350 e. The SMILES string of the molecule is CC(=O)Nc1cccc(C(C)NC(=O)CCCN2C(=O)c3ccc(C)cc3C2=O)c1. The van der Waals surface area contributed by atoms with Gasteiger partial charge in [0.25, 0.3) is 11.8 Å². The topological polar surface area (TPSA) is 95.6 Å². The van der Waals surface area contributed by atoms with Crippen LogP contribution < -0.4 is 10.6 Å². The molecule has 2 N–H and O–H groups in total. The zero-order valence-electron chi connectivity index (χ0n) is 17.3. The lowest BCUT2D eigenvalue weighted by Crippen LogP contribution is -2.32. The molecule has 2 aromatic carbocycles. The standard InChI is InChI=1S/C23H25N3O4/c1-14-9-10-19-20(12-14)23(30)26(22(19)29)11-5-8-21(28)24-15(2)17-6-4-7-18(13-17)25-16(3)27/h4,6-7,9-10,12-13,15H,5,8,11H2,1-3H3,(H,24,28)(H,25,27). The normalized spacial score (nSPS) is 13.8. The lowest BCUT2D eigenvalue weighted by atomic mass is 10.1. The molecule has 1 unspecified atom stereocenters. The number of anilines is 1. The Morgan fingerprint density at radius 3 is 2.50 bits per heavy atom. The highest BCUT2D eigenvalue weighted by atomic mass is 16.2. The molecule has 30 heavy (non-hydrogen) atoms. The summed E-state index contributed by atoms with van der Waals surface area (Å²) in [7, 11) is 0. The highest BCUT2D eigenvalue weighted by Crippen LogP contribution is 2.24. The van der Waals surface area contributed by atoms with Crippen LogP contribution in [0.3, 0.4) is 0 Å². The Labute approximate surface area is 175 Å². The van der Waals surface area contributed by atoms with Crippen molar-refractivity contribution in [3.8, 4) is 0 Å². The van der Waals surface area contributed by atoms with Gasteiger partial charge in [-0.3, -0.25) is 24.1 Å². The molecule has 7 heteroatoms. The molecular formula is C23H25N3O4. The van der Waals surface area contributed by atoms with Crippen molar-refractivity contribution in [2.24, 2.45) is 0 Å². The molecule has 0 spiro atoms. The Morgan fingerprint density at radius 1 is 1.03 bits per heavy atom. The second kappa shape index (κ2) is 8.90. The fourth-order valence-electron chi connectivity index (χ4n) is 3.49. The lowest BCUT2D eigenvalue weighted by molar-refractivity contribution is -0.122. The molecule has 1 atom stereocenters. The third kappa shape index (κ3) is 4.74. The van der Waals surface area contributed by atoms with Gasteiger partial charge in [0.1, 0.15) is 0 Å². The molecule has 0 aliphatic carbocycles. The number of hydrogen-bond donors (Lipinski definition) is 2. The van der Waals surface area contributed by atoms with Crippen molar-refractivity contribution in [1.82, 2.24) is 10.2 Å². The number of benzene rings is 2. The minimum Gasteiger partial charge on any atom is -0.350 e. The number of amides is 4. The van der Waals surface area contributed by atoms with Crippen LogP contribution in [0, 0.1) is 6.92 Å². The van der Waals surface area contributed by atoms with Crippen LogP contribution in [0.25, 0.3) is 0 Å². The Kier molecular flexibility index (Phi) is 6.30. The average molecular weight is 407 g/mol. The summed E-state index contributed by atoms with van der Waals surface area (Å²) < 4.78 is 0. The van der Waals surface area contributed by atoms with E-state index in [9.17, 15) is 19.2 Å². The van der Waals surface area contributed by atoms with E-state index in [1.54, 1.807) is 18.2 Å². The van der Waals surface area contributed by atoms with Gasteiger partial charge in [-0.05, 0) is 50.1 Å². The minimum atomic E-state index is -0.307. The molecule has 0 fully saturated rings. The van der Waals surface area contributed by atoms with E-state index in [2.05, 4.69) is 10.6 Å². The van der Waals surface area contributed by atoms with Crippen LogP contribution in [0.15, 0.2) is 42.5 Å². The molecular weight excluding hydrogens is 382 g/mol. The van der Waals surface area contributed by atoms with Crippen LogP contribution in [0.2, 0.25) is 0 Å². The van der Waals surface area contributed by atoms with Gasteiger partial charge in [-0.15, -0.1) is 0 Å². The van der Waals surface area contributed by atoms with Crippen LogP contribution in [0.1, 0.15) is 64.6 Å². The highest BCUT2D eigenvalue weighted by molar-refractivity contribution is 6.21. The summed E-state index contributed by atoms with van der Waals surface area (Å²) >= 11 is 0. The predicted molar refractivity (Wildman–Crippen MR) is 113 cm³/mol. The van der Waals surface area contributed by atoms with Gasteiger partial charge in [0.2, 0.25) is 11.8 Å². The highest BCUT2D eigenvalue weighted by Gasteiger charge is 2.34. The van der Waals surface area contributed by atoms with Gasteiger partial charge in [-0.25, -0.2) is 0 Å². The van der Waals surface area contributed by atoms with Crippen LogP contribution in [-0.2, 0) is 9.59 Å². The first kappa shape index (κ1) is 21.2. The number of aryl methyl sites for hydroxylation is 1. The molecule has 1 aliphatic heterocycles. The van der Waals surface area contributed by atoms with Crippen molar-refractivity contribution < 1.29 is 19.2 Å². The van der Waals surface area contributed by atoms with Crippen molar-refractivity contribution >= 4 is 29.3 Å². The molecule has 7 nitrogen and oxygen atoms in total. The maximum atomic E-state index is 12.5. The summed E-state index contributed by atoms with van der Waals surface area (Å²) in [6.45, 7) is 5.37. The van der Waals surface area contributed by atoms with E-state index >= 15 is 0 Å². The quantitative estimate of drug-likeness (QED) is 0.689. The van der Waals surface area contributed by atoms with Crippen LogP contribution in [0.5, 0.6) is 0 Å². The number of rotatable bonds is 7. The maximum absolute atomic E-state index is 12.5. The van der Waals surface area contributed by atoms with Crippen LogP contribution in [-0.4, -0.2) is 35.1 Å². The van der Waals surface area contributed by atoms with Gasteiger partial charge >= 0.3 is 0 Å². The summed E-state index contributed by atoms with van der Waals surface area (Å²) in [5.74, 6) is -0.937. The average Bonchev–Trinajstić information content (AvgIpc) is 2.92. The molecule has 3 rings (SSSR count). The minimum absolute atomic E-state index is 0.160. The Hall–Kier alpha value is -3.48. The van der Waals surface area contributed by atoms with E-state index in [1.165, 1.54) is 11.8 Å². The van der Waals surface area contributed by atoms with E-state index in [4.69, 9.17) is 0 Å². The van der Waals surface area contributed by atoms with Crippen molar-refractivity contribution in [2.75, 3.05) is 11.9 Å². The molecule has 1 heterocycles. The van der Waals surface area contributed by atoms with Crippen molar-refractivity contribution in [3.63, 3.8) is 0 Å².